The molecule has 1 N–H and O–H groups in total. The zero-order valence-electron chi connectivity index (χ0n) is 16.1. The molecule has 1 saturated carbocycles. The molecule has 0 aliphatic heterocycles. The van der Waals surface area contributed by atoms with Crippen LogP contribution in [-0.2, 0) is 9.53 Å². The second kappa shape index (κ2) is 8.83. The fraction of sp³-hybridized carbons (Fsp3) is 0.579. The number of hydrogen-bond donors (Lipinski definition) is 1. The van der Waals surface area contributed by atoms with Crippen molar-refractivity contribution in [2.24, 2.45) is 11.8 Å². The van der Waals surface area contributed by atoms with Gasteiger partial charge in [0.1, 0.15) is 11.3 Å². The van der Waals surface area contributed by atoms with Crippen molar-refractivity contribution in [1.29, 1.82) is 0 Å². The number of esters is 1. The van der Waals surface area contributed by atoms with Crippen molar-refractivity contribution in [2.45, 2.75) is 52.2 Å². The van der Waals surface area contributed by atoms with Gasteiger partial charge in [-0.1, -0.05) is 26.7 Å². The molecular weight excluding hydrogens is 352 g/mol. The van der Waals surface area contributed by atoms with Gasteiger partial charge in [-0.05, 0) is 31.2 Å². The topological polar surface area (TPSA) is 108 Å². The molecule has 4 atom stereocenters. The molecule has 148 valence electrons. The van der Waals surface area contributed by atoms with Gasteiger partial charge in [0.15, 0.2) is 6.10 Å². The molecule has 0 aromatic heterocycles. The summed E-state index contributed by atoms with van der Waals surface area (Å²) in [5, 5.41) is 13.9. The van der Waals surface area contributed by atoms with Gasteiger partial charge in [0.2, 0.25) is 0 Å². The van der Waals surface area contributed by atoms with Gasteiger partial charge >= 0.3 is 5.97 Å². The second-order valence-corrected chi connectivity index (χ2v) is 7.07. The van der Waals surface area contributed by atoms with E-state index in [9.17, 15) is 19.7 Å². The molecular formula is C19H26N2O6. The number of nitro benzene ring substituents is 1. The van der Waals surface area contributed by atoms with E-state index in [2.05, 4.69) is 19.2 Å². The van der Waals surface area contributed by atoms with E-state index in [4.69, 9.17) is 9.47 Å². The number of nitrogens with one attached hydrogen (secondary N) is 1. The Kier molecular flexibility index (Phi) is 6.76. The SMILES string of the molecule is COc1ccc([N+](=O)[O-])cc1C(=O)O[C@H](C)C(=O)N[C@H]1CCC[C@H](C)[C@H]1C. The molecule has 0 bridgehead atoms. The number of nitrogens with zero attached hydrogens (tertiary/aromatic N) is 1. The molecule has 8 nitrogen and oxygen atoms in total. The van der Waals surface area contributed by atoms with Crippen molar-refractivity contribution in [3.63, 3.8) is 0 Å². The van der Waals surface area contributed by atoms with Crippen molar-refractivity contribution in [3.05, 3.63) is 33.9 Å². The van der Waals surface area contributed by atoms with Crippen LogP contribution < -0.4 is 10.1 Å². The fourth-order valence-electron chi connectivity index (χ4n) is 3.33. The number of ether oxygens (including phenoxy) is 2. The van der Waals surface area contributed by atoms with Crippen LogP contribution in [0.1, 0.15) is 50.4 Å². The number of carbonyl (C=O) groups is 2. The third-order valence-corrected chi connectivity index (χ3v) is 5.30. The molecule has 0 radical (unpaired) electrons. The van der Waals surface area contributed by atoms with Gasteiger partial charge in [0, 0.05) is 18.2 Å². The Hall–Kier alpha value is -2.64. The van der Waals surface area contributed by atoms with Gasteiger partial charge in [-0.25, -0.2) is 4.79 Å². The first-order valence-corrected chi connectivity index (χ1v) is 9.08. The highest BCUT2D eigenvalue weighted by atomic mass is 16.6. The lowest BCUT2D eigenvalue weighted by Gasteiger charge is -2.35. The van der Waals surface area contributed by atoms with Gasteiger partial charge in [-0.15, -0.1) is 0 Å². The van der Waals surface area contributed by atoms with Crippen molar-refractivity contribution in [2.75, 3.05) is 7.11 Å². The summed E-state index contributed by atoms with van der Waals surface area (Å²) in [7, 11) is 1.35. The van der Waals surface area contributed by atoms with Crippen LogP contribution in [0, 0.1) is 22.0 Å². The molecule has 1 aromatic rings. The van der Waals surface area contributed by atoms with E-state index in [-0.39, 0.29) is 28.9 Å². The third kappa shape index (κ3) is 4.96. The maximum atomic E-state index is 12.4. The smallest absolute Gasteiger partial charge is 0.342 e. The standard InChI is InChI=1S/C19H26N2O6/c1-11-6-5-7-16(12(11)2)20-18(22)13(3)27-19(23)15-10-14(21(24)25)8-9-17(15)26-4/h8-13,16H,5-7H2,1-4H3,(H,20,22)/t11-,12+,13+,16-/m0/s1. The Morgan fingerprint density at radius 2 is 2.00 bits per heavy atom. The Morgan fingerprint density at radius 3 is 2.63 bits per heavy atom. The number of benzene rings is 1. The molecule has 8 heteroatoms. The molecule has 1 amide bonds. The number of hydrogen-bond acceptors (Lipinski definition) is 6. The summed E-state index contributed by atoms with van der Waals surface area (Å²) in [6.07, 6.45) is 2.07. The van der Waals surface area contributed by atoms with Gasteiger partial charge in [0.05, 0.1) is 12.0 Å². The van der Waals surface area contributed by atoms with E-state index in [1.54, 1.807) is 0 Å². The van der Waals surface area contributed by atoms with Crippen LogP contribution in [0.3, 0.4) is 0 Å². The molecule has 0 saturated heterocycles. The van der Waals surface area contributed by atoms with Crippen LogP contribution in [0.5, 0.6) is 5.75 Å². The summed E-state index contributed by atoms with van der Waals surface area (Å²) in [6.45, 7) is 5.76. The predicted octanol–water partition coefficient (Wildman–Crippen LogP) is 3.09. The minimum Gasteiger partial charge on any atom is -0.496 e. The molecule has 1 aromatic carbocycles. The molecule has 2 rings (SSSR count). The summed E-state index contributed by atoms with van der Waals surface area (Å²) in [5.41, 5.74) is -0.351. The first kappa shape index (κ1) is 20.7. The van der Waals surface area contributed by atoms with Crippen LogP contribution in [-0.4, -0.2) is 36.1 Å². The molecule has 0 heterocycles. The largest absolute Gasteiger partial charge is 0.496 e. The van der Waals surface area contributed by atoms with Gasteiger partial charge in [-0.3, -0.25) is 14.9 Å². The number of non-ortho nitro benzene ring substituents is 1. The summed E-state index contributed by atoms with van der Waals surface area (Å²) < 4.78 is 10.3. The lowest BCUT2D eigenvalue weighted by atomic mass is 9.78. The monoisotopic (exact) mass is 378 g/mol. The summed E-state index contributed by atoms with van der Waals surface area (Å²) >= 11 is 0. The van der Waals surface area contributed by atoms with Crippen LogP contribution >= 0.6 is 0 Å². The maximum Gasteiger partial charge on any atom is 0.342 e. The molecule has 1 aliphatic carbocycles. The van der Waals surface area contributed by atoms with E-state index in [1.165, 1.54) is 26.2 Å². The van der Waals surface area contributed by atoms with Crippen LogP contribution in [0.4, 0.5) is 5.69 Å². The van der Waals surface area contributed by atoms with Crippen LogP contribution in [0.2, 0.25) is 0 Å². The summed E-state index contributed by atoms with van der Waals surface area (Å²) in [5.74, 6) is -0.201. The van der Waals surface area contributed by atoms with Crippen LogP contribution in [0.25, 0.3) is 0 Å². The van der Waals surface area contributed by atoms with Crippen molar-refractivity contribution in [3.8, 4) is 5.75 Å². The molecule has 0 spiro atoms. The maximum absolute atomic E-state index is 12.4. The average Bonchev–Trinajstić information content (AvgIpc) is 2.64. The van der Waals surface area contributed by atoms with Crippen molar-refractivity contribution < 1.29 is 24.0 Å². The number of amides is 1. The molecule has 0 unspecified atom stereocenters. The van der Waals surface area contributed by atoms with E-state index in [0.29, 0.717) is 11.8 Å². The fourth-order valence-corrected chi connectivity index (χ4v) is 3.33. The predicted molar refractivity (Wildman–Crippen MR) is 98.6 cm³/mol. The number of rotatable bonds is 6. The quantitative estimate of drug-likeness (QED) is 0.463. The molecule has 1 fully saturated rings. The number of methoxy groups -OCH3 is 1. The highest BCUT2D eigenvalue weighted by Gasteiger charge is 2.30. The van der Waals surface area contributed by atoms with Crippen molar-refractivity contribution in [1.82, 2.24) is 5.32 Å². The summed E-state index contributed by atoms with van der Waals surface area (Å²) in [4.78, 5) is 35.2. The van der Waals surface area contributed by atoms with Crippen molar-refractivity contribution >= 4 is 17.6 Å². The van der Waals surface area contributed by atoms with E-state index in [1.807, 2.05) is 0 Å². The Bertz CT molecular complexity index is 720. The Morgan fingerprint density at radius 1 is 1.30 bits per heavy atom. The Balaban J connectivity index is 2.05. The molecule has 1 aliphatic rings. The number of nitro groups is 1. The van der Waals surface area contributed by atoms with Gasteiger partial charge < -0.3 is 14.8 Å². The third-order valence-electron chi connectivity index (χ3n) is 5.30. The molecule has 27 heavy (non-hydrogen) atoms. The van der Waals surface area contributed by atoms with Gasteiger partial charge in [0.25, 0.3) is 11.6 Å². The van der Waals surface area contributed by atoms with E-state index >= 15 is 0 Å². The van der Waals surface area contributed by atoms with E-state index < -0.39 is 17.0 Å². The highest BCUT2D eigenvalue weighted by Crippen LogP contribution is 2.29. The first-order valence-electron chi connectivity index (χ1n) is 9.08. The van der Waals surface area contributed by atoms with Crippen LogP contribution in [0.15, 0.2) is 18.2 Å². The normalized spacial score (nSPS) is 23.2. The lowest BCUT2D eigenvalue weighted by Crippen LogP contribution is -2.47. The Labute approximate surface area is 158 Å². The zero-order valence-corrected chi connectivity index (χ0v) is 16.1. The van der Waals surface area contributed by atoms with E-state index in [0.717, 1.165) is 25.3 Å². The minimum atomic E-state index is -1.02. The van der Waals surface area contributed by atoms with Gasteiger partial charge in [-0.2, -0.15) is 0 Å². The number of carbonyl (C=O) groups excluding carboxylic acids is 2. The summed E-state index contributed by atoms with van der Waals surface area (Å²) in [6, 6.07) is 3.69. The lowest BCUT2D eigenvalue weighted by molar-refractivity contribution is -0.384. The zero-order chi connectivity index (χ0) is 20.1. The highest BCUT2D eigenvalue weighted by molar-refractivity contribution is 5.95. The average molecular weight is 378 g/mol. The second-order valence-electron chi connectivity index (χ2n) is 7.07. The minimum absolute atomic E-state index is 0.0507. The first-order chi connectivity index (χ1) is 12.7.